The van der Waals surface area contributed by atoms with Gasteiger partial charge in [0.15, 0.2) is 5.96 Å². The molecule has 1 atom stereocenters. The number of aryl methyl sites for hydroxylation is 1. The fourth-order valence-electron chi connectivity index (χ4n) is 3.67. The molecule has 7 heteroatoms. The summed E-state index contributed by atoms with van der Waals surface area (Å²) in [6, 6.07) is 8.67. The van der Waals surface area contributed by atoms with Gasteiger partial charge in [-0.05, 0) is 24.5 Å². The van der Waals surface area contributed by atoms with E-state index in [0.717, 1.165) is 51.0 Å². The second kappa shape index (κ2) is 11.0. The highest BCUT2D eigenvalue weighted by atomic mass is 16.5. The van der Waals surface area contributed by atoms with Gasteiger partial charge in [-0.25, -0.2) is 4.98 Å². The quantitative estimate of drug-likeness (QED) is 0.398. The molecule has 1 N–H and O–H groups in total. The molecule has 0 saturated carbocycles. The van der Waals surface area contributed by atoms with E-state index in [1.54, 1.807) is 7.11 Å². The SMILES string of the molecule is CN=C(NCc1cccc(Cn2ccnc2C)c1)N1CCC(COCCOC)C1. The molecule has 1 unspecified atom stereocenters. The fraction of sp³-hybridized carbons (Fsp3) is 0.545. The maximum absolute atomic E-state index is 5.70. The lowest BCUT2D eigenvalue weighted by molar-refractivity contribution is 0.0536. The Morgan fingerprint density at radius 3 is 2.93 bits per heavy atom. The summed E-state index contributed by atoms with van der Waals surface area (Å²) in [5, 5.41) is 3.52. The maximum atomic E-state index is 5.70. The molecule has 1 aliphatic heterocycles. The van der Waals surface area contributed by atoms with E-state index >= 15 is 0 Å². The van der Waals surface area contributed by atoms with E-state index in [0.29, 0.717) is 19.1 Å². The van der Waals surface area contributed by atoms with E-state index in [1.807, 2.05) is 26.4 Å². The van der Waals surface area contributed by atoms with E-state index in [-0.39, 0.29) is 0 Å². The summed E-state index contributed by atoms with van der Waals surface area (Å²) in [5.41, 5.74) is 2.52. The Balaban J connectivity index is 1.48. The fourth-order valence-corrected chi connectivity index (χ4v) is 3.67. The van der Waals surface area contributed by atoms with Gasteiger partial charge in [0.25, 0.3) is 0 Å². The first-order valence-corrected chi connectivity index (χ1v) is 10.3. The van der Waals surface area contributed by atoms with E-state index in [2.05, 4.69) is 49.0 Å². The molecule has 7 nitrogen and oxygen atoms in total. The van der Waals surface area contributed by atoms with Crippen molar-refractivity contribution in [3.05, 3.63) is 53.6 Å². The average molecular weight is 400 g/mol. The van der Waals surface area contributed by atoms with Gasteiger partial charge < -0.3 is 24.3 Å². The van der Waals surface area contributed by atoms with Gasteiger partial charge in [0.2, 0.25) is 0 Å². The summed E-state index contributed by atoms with van der Waals surface area (Å²) in [4.78, 5) is 11.1. The Bertz CT molecular complexity index is 789. The lowest BCUT2D eigenvalue weighted by Gasteiger charge is -2.22. The zero-order valence-corrected chi connectivity index (χ0v) is 17.8. The molecular formula is C22H33N5O2. The maximum Gasteiger partial charge on any atom is 0.193 e. The second-order valence-corrected chi connectivity index (χ2v) is 7.49. The lowest BCUT2D eigenvalue weighted by atomic mass is 10.1. The van der Waals surface area contributed by atoms with Crippen molar-refractivity contribution < 1.29 is 9.47 Å². The van der Waals surface area contributed by atoms with Gasteiger partial charge >= 0.3 is 0 Å². The molecule has 1 aliphatic rings. The Morgan fingerprint density at radius 1 is 1.31 bits per heavy atom. The highest BCUT2D eigenvalue weighted by Gasteiger charge is 2.24. The van der Waals surface area contributed by atoms with Crippen LogP contribution in [0.5, 0.6) is 0 Å². The molecule has 0 spiro atoms. The van der Waals surface area contributed by atoms with Gasteiger partial charge in [-0.2, -0.15) is 0 Å². The van der Waals surface area contributed by atoms with E-state index in [4.69, 9.17) is 9.47 Å². The number of hydrogen-bond acceptors (Lipinski definition) is 4. The van der Waals surface area contributed by atoms with Crippen molar-refractivity contribution in [1.82, 2.24) is 19.8 Å². The van der Waals surface area contributed by atoms with Crippen LogP contribution in [0.2, 0.25) is 0 Å². The molecule has 1 saturated heterocycles. The van der Waals surface area contributed by atoms with Crippen LogP contribution in [0.1, 0.15) is 23.4 Å². The number of aliphatic imine (C=N–C) groups is 1. The first-order chi connectivity index (χ1) is 14.2. The minimum Gasteiger partial charge on any atom is -0.382 e. The number of methoxy groups -OCH3 is 1. The molecule has 3 rings (SSSR count). The third-order valence-electron chi connectivity index (χ3n) is 5.30. The highest BCUT2D eigenvalue weighted by molar-refractivity contribution is 5.80. The van der Waals surface area contributed by atoms with Crippen LogP contribution in [0.25, 0.3) is 0 Å². The molecule has 1 aromatic heterocycles. The third kappa shape index (κ3) is 6.30. The summed E-state index contributed by atoms with van der Waals surface area (Å²) >= 11 is 0. The van der Waals surface area contributed by atoms with Crippen molar-refractivity contribution in [2.75, 3.05) is 47.1 Å². The molecule has 29 heavy (non-hydrogen) atoms. The van der Waals surface area contributed by atoms with Gasteiger partial charge in [-0.3, -0.25) is 4.99 Å². The van der Waals surface area contributed by atoms with Gasteiger partial charge in [-0.15, -0.1) is 0 Å². The average Bonchev–Trinajstić information content (AvgIpc) is 3.36. The molecule has 0 bridgehead atoms. The minimum absolute atomic E-state index is 0.548. The zero-order valence-electron chi connectivity index (χ0n) is 17.8. The molecule has 0 amide bonds. The number of aromatic nitrogens is 2. The minimum atomic E-state index is 0.548. The number of nitrogens with zero attached hydrogens (tertiary/aromatic N) is 4. The second-order valence-electron chi connectivity index (χ2n) is 7.49. The Hall–Kier alpha value is -2.38. The van der Waals surface area contributed by atoms with Crippen molar-refractivity contribution in [3.63, 3.8) is 0 Å². The molecule has 0 radical (unpaired) electrons. The predicted molar refractivity (Wildman–Crippen MR) is 115 cm³/mol. The molecule has 2 heterocycles. The van der Waals surface area contributed by atoms with Crippen LogP contribution < -0.4 is 5.32 Å². The van der Waals surface area contributed by atoms with Crippen molar-refractivity contribution in [2.45, 2.75) is 26.4 Å². The van der Waals surface area contributed by atoms with Gasteiger partial charge in [0, 0.05) is 58.6 Å². The van der Waals surface area contributed by atoms with E-state index < -0.39 is 0 Å². The normalized spacial score (nSPS) is 17.1. The Morgan fingerprint density at radius 2 is 2.17 bits per heavy atom. The van der Waals surface area contributed by atoms with Crippen LogP contribution >= 0.6 is 0 Å². The highest BCUT2D eigenvalue weighted by Crippen LogP contribution is 2.17. The molecule has 0 aliphatic carbocycles. The molecular weight excluding hydrogens is 366 g/mol. The number of likely N-dealkylation sites (tertiary alicyclic amines) is 1. The van der Waals surface area contributed by atoms with Gasteiger partial charge in [-0.1, -0.05) is 24.3 Å². The number of nitrogens with one attached hydrogen (secondary N) is 1. The smallest absolute Gasteiger partial charge is 0.193 e. The third-order valence-corrected chi connectivity index (χ3v) is 5.30. The van der Waals surface area contributed by atoms with Crippen molar-refractivity contribution in [1.29, 1.82) is 0 Å². The van der Waals surface area contributed by atoms with Crippen LogP contribution in [-0.2, 0) is 22.6 Å². The Kier molecular flexibility index (Phi) is 8.07. The van der Waals surface area contributed by atoms with E-state index in [9.17, 15) is 0 Å². The summed E-state index contributed by atoms with van der Waals surface area (Å²) < 4.78 is 12.9. The summed E-state index contributed by atoms with van der Waals surface area (Å²) in [6.45, 7) is 7.71. The van der Waals surface area contributed by atoms with Crippen LogP contribution in [0.15, 0.2) is 41.7 Å². The molecule has 1 fully saturated rings. The van der Waals surface area contributed by atoms with Crippen LogP contribution in [0, 0.1) is 12.8 Å². The van der Waals surface area contributed by atoms with Gasteiger partial charge in [0.1, 0.15) is 5.82 Å². The van der Waals surface area contributed by atoms with Crippen molar-refractivity contribution in [3.8, 4) is 0 Å². The van der Waals surface area contributed by atoms with Crippen molar-refractivity contribution in [2.24, 2.45) is 10.9 Å². The van der Waals surface area contributed by atoms with Gasteiger partial charge in [0.05, 0.1) is 19.8 Å². The number of hydrogen-bond donors (Lipinski definition) is 1. The van der Waals surface area contributed by atoms with Crippen LogP contribution in [0.4, 0.5) is 0 Å². The summed E-state index contributed by atoms with van der Waals surface area (Å²) in [7, 11) is 3.55. The largest absolute Gasteiger partial charge is 0.382 e. The zero-order chi connectivity index (χ0) is 20.5. The van der Waals surface area contributed by atoms with Crippen LogP contribution in [0.3, 0.4) is 0 Å². The number of rotatable bonds is 9. The monoisotopic (exact) mass is 399 g/mol. The lowest BCUT2D eigenvalue weighted by Crippen LogP contribution is -2.39. The first-order valence-electron chi connectivity index (χ1n) is 10.3. The first kappa shape index (κ1) is 21.3. The predicted octanol–water partition coefficient (Wildman–Crippen LogP) is 2.30. The number of benzene rings is 1. The topological polar surface area (TPSA) is 63.9 Å². The number of guanidine groups is 1. The molecule has 158 valence electrons. The number of ether oxygens (including phenoxy) is 2. The summed E-state index contributed by atoms with van der Waals surface area (Å²) in [6.07, 6.45) is 5.00. The number of imidazole rings is 1. The van der Waals surface area contributed by atoms with E-state index in [1.165, 1.54) is 11.1 Å². The summed E-state index contributed by atoms with van der Waals surface area (Å²) in [5.74, 6) is 2.54. The Labute approximate surface area is 173 Å². The van der Waals surface area contributed by atoms with Crippen LogP contribution in [-0.4, -0.2) is 67.5 Å². The standard InChI is InChI=1S/C22H33N5O2/c1-18-24-8-10-26(18)15-20-6-4-5-19(13-20)14-25-22(23-2)27-9-7-21(16-27)17-29-12-11-28-3/h4-6,8,10,13,21H,7,9,11-12,14-17H2,1-3H3,(H,23,25). The van der Waals surface area contributed by atoms with Crippen molar-refractivity contribution >= 4 is 5.96 Å². The molecule has 1 aromatic carbocycles. The molecule has 2 aromatic rings.